The highest BCUT2D eigenvalue weighted by molar-refractivity contribution is 5.51. The molecule has 1 aromatic carbocycles. The van der Waals surface area contributed by atoms with E-state index in [4.69, 9.17) is 4.74 Å². The monoisotopic (exact) mass is 248 g/mol. The van der Waals surface area contributed by atoms with Gasteiger partial charge in [-0.05, 0) is 31.0 Å². The zero-order chi connectivity index (χ0) is 13.2. The number of piperidine rings is 1. The van der Waals surface area contributed by atoms with Gasteiger partial charge < -0.3 is 15.0 Å². The summed E-state index contributed by atoms with van der Waals surface area (Å²) < 4.78 is 5.30. The molecule has 0 amide bonds. The van der Waals surface area contributed by atoms with Crippen molar-refractivity contribution in [2.75, 3.05) is 32.1 Å². The van der Waals surface area contributed by atoms with Gasteiger partial charge in [-0.25, -0.2) is 0 Å². The Labute approximate surface area is 110 Å². The van der Waals surface area contributed by atoms with Crippen molar-refractivity contribution in [2.24, 2.45) is 5.41 Å². The Morgan fingerprint density at radius 2 is 2.17 bits per heavy atom. The summed E-state index contributed by atoms with van der Waals surface area (Å²) in [5, 5.41) is 3.44. The van der Waals surface area contributed by atoms with E-state index < -0.39 is 0 Å². The minimum absolute atomic E-state index is 0.288. The summed E-state index contributed by atoms with van der Waals surface area (Å²) in [7, 11) is 3.78. The minimum Gasteiger partial charge on any atom is -0.497 e. The van der Waals surface area contributed by atoms with E-state index in [-0.39, 0.29) is 5.41 Å². The van der Waals surface area contributed by atoms with Crippen LogP contribution in [0.1, 0.15) is 20.3 Å². The molecular weight excluding hydrogens is 224 g/mol. The van der Waals surface area contributed by atoms with Crippen molar-refractivity contribution < 1.29 is 4.74 Å². The lowest BCUT2D eigenvalue weighted by Crippen LogP contribution is -2.53. The van der Waals surface area contributed by atoms with Crippen LogP contribution >= 0.6 is 0 Å². The molecule has 1 aliphatic rings. The van der Waals surface area contributed by atoms with Crippen molar-refractivity contribution >= 4 is 5.69 Å². The van der Waals surface area contributed by atoms with Gasteiger partial charge in [0.25, 0.3) is 0 Å². The second-order valence-electron chi connectivity index (χ2n) is 5.74. The smallest absolute Gasteiger partial charge is 0.120 e. The van der Waals surface area contributed by atoms with Crippen LogP contribution in [-0.4, -0.2) is 33.3 Å². The van der Waals surface area contributed by atoms with E-state index in [0.29, 0.717) is 6.04 Å². The highest BCUT2D eigenvalue weighted by atomic mass is 16.5. The van der Waals surface area contributed by atoms with E-state index >= 15 is 0 Å². The van der Waals surface area contributed by atoms with Crippen LogP contribution in [0, 0.1) is 5.41 Å². The fourth-order valence-electron chi connectivity index (χ4n) is 2.92. The van der Waals surface area contributed by atoms with Gasteiger partial charge in [-0.3, -0.25) is 0 Å². The SMILES string of the molecule is CNC1CCN(c2cccc(OC)c2)CC1(C)C. The average Bonchev–Trinajstić information content (AvgIpc) is 2.37. The summed E-state index contributed by atoms with van der Waals surface area (Å²) >= 11 is 0. The van der Waals surface area contributed by atoms with E-state index in [1.54, 1.807) is 7.11 Å². The van der Waals surface area contributed by atoms with Crippen LogP contribution in [0.2, 0.25) is 0 Å². The fraction of sp³-hybridized carbons (Fsp3) is 0.600. The number of benzene rings is 1. The van der Waals surface area contributed by atoms with Gasteiger partial charge in [0, 0.05) is 30.9 Å². The quantitative estimate of drug-likeness (QED) is 0.889. The summed E-state index contributed by atoms with van der Waals surface area (Å²) in [4.78, 5) is 2.45. The molecule has 3 heteroatoms. The van der Waals surface area contributed by atoms with Gasteiger partial charge in [-0.15, -0.1) is 0 Å². The number of ether oxygens (including phenoxy) is 1. The van der Waals surface area contributed by atoms with Crippen molar-refractivity contribution in [3.63, 3.8) is 0 Å². The fourth-order valence-corrected chi connectivity index (χ4v) is 2.92. The molecule has 1 aromatic rings. The third-order valence-electron chi connectivity index (χ3n) is 4.00. The second-order valence-corrected chi connectivity index (χ2v) is 5.74. The van der Waals surface area contributed by atoms with E-state index in [1.807, 2.05) is 6.07 Å². The number of methoxy groups -OCH3 is 1. The molecule has 0 saturated carbocycles. The summed E-state index contributed by atoms with van der Waals surface area (Å²) in [6, 6.07) is 8.94. The zero-order valence-electron chi connectivity index (χ0n) is 11.9. The molecule has 0 bridgehead atoms. The predicted molar refractivity (Wildman–Crippen MR) is 76.5 cm³/mol. The molecule has 1 saturated heterocycles. The molecule has 18 heavy (non-hydrogen) atoms. The van der Waals surface area contributed by atoms with E-state index in [2.05, 4.69) is 49.3 Å². The lowest BCUT2D eigenvalue weighted by atomic mass is 9.79. The number of nitrogens with zero attached hydrogens (tertiary/aromatic N) is 1. The second kappa shape index (κ2) is 5.19. The Balaban J connectivity index is 2.15. The summed E-state index contributed by atoms with van der Waals surface area (Å²) in [5.41, 5.74) is 1.55. The van der Waals surface area contributed by atoms with Gasteiger partial charge in [-0.1, -0.05) is 19.9 Å². The maximum Gasteiger partial charge on any atom is 0.120 e. The van der Waals surface area contributed by atoms with Crippen LogP contribution in [0.25, 0.3) is 0 Å². The molecule has 1 atom stereocenters. The van der Waals surface area contributed by atoms with Gasteiger partial charge in [-0.2, -0.15) is 0 Å². The van der Waals surface area contributed by atoms with Crippen LogP contribution in [0.5, 0.6) is 5.75 Å². The molecule has 100 valence electrons. The Kier molecular flexibility index (Phi) is 3.81. The number of hydrogen-bond donors (Lipinski definition) is 1. The first-order chi connectivity index (χ1) is 8.56. The van der Waals surface area contributed by atoms with Crippen molar-refractivity contribution in [1.82, 2.24) is 5.32 Å². The molecule has 0 radical (unpaired) electrons. The zero-order valence-corrected chi connectivity index (χ0v) is 11.9. The highest BCUT2D eigenvalue weighted by Crippen LogP contribution is 2.32. The maximum atomic E-state index is 5.30. The Morgan fingerprint density at radius 3 is 2.78 bits per heavy atom. The molecule has 1 aliphatic heterocycles. The molecule has 3 nitrogen and oxygen atoms in total. The first-order valence-corrected chi connectivity index (χ1v) is 6.63. The van der Waals surface area contributed by atoms with Gasteiger partial charge in [0.1, 0.15) is 5.75 Å². The van der Waals surface area contributed by atoms with Gasteiger partial charge >= 0.3 is 0 Å². The highest BCUT2D eigenvalue weighted by Gasteiger charge is 2.34. The Morgan fingerprint density at radius 1 is 1.39 bits per heavy atom. The van der Waals surface area contributed by atoms with E-state index in [1.165, 1.54) is 12.1 Å². The molecule has 0 aromatic heterocycles. The minimum atomic E-state index is 0.288. The Bertz CT molecular complexity index is 403. The van der Waals surface area contributed by atoms with E-state index in [9.17, 15) is 0 Å². The van der Waals surface area contributed by atoms with Crippen molar-refractivity contribution in [3.8, 4) is 5.75 Å². The summed E-state index contributed by atoms with van der Waals surface area (Å²) in [5.74, 6) is 0.932. The van der Waals surface area contributed by atoms with Gasteiger partial charge in [0.05, 0.1) is 7.11 Å². The largest absolute Gasteiger partial charge is 0.497 e. The van der Waals surface area contributed by atoms with Crippen LogP contribution in [0.4, 0.5) is 5.69 Å². The average molecular weight is 248 g/mol. The number of nitrogens with one attached hydrogen (secondary N) is 1. The topological polar surface area (TPSA) is 24.5 Å². The maximum absolute atomic E-state index is 5.30. The first kappa shape index (κ1) is 13.2. The molecule has 2 rings (SSSR count). The Hall–Kier alpha value is -1.22. The molecule has 1 heterocycles. The van der Waals surface area contributed by atoms with Crippen LogP contribution in [0.15, 0.2) is 24.3 Å². The lowest BCUT2D eigenvalue weighted by molar-refractivity contribution is 0.215. The van der Waals surface area contributed by atoms with Crippen LogP contribution in [-0.2, 0) is 0 Å². The van der Waals surface area contributed by atoms with Gasteiger partial charge in [0.15, 0.2) is 0 Å². The summed E-state index contributed by atoms with van der Waals surface area (Å²) in [6.45, 7) is 6.84. The summed E-state index contributed by atoms with van der Waals surface area (Å²) in [6.07, 6.45) is 1.18. The number of anilines is 1. The number of rotatable bonds is 3. The molecule has 0 aliphatic carbocycles. The molecule has 1 N–H and O–H groups in total. The van der Waals surface area contributed by atoms with Crippen molar-refractivity contribution in [2.45, 2.75) is 26.3 Å². The third-order valence-corrected chi connectivity index (χ3v) is 4.00. The van der Waals surface area contributed by atoms with Crippen molar-refractivity contribution in [1.29, 1.82) is 0 Å². The van der Waals surface area contributed by atoms with Crippen LogP contribution in [0.3, 0.4) is 0 Å². The molecule has 1 unspecified atom stereocenters. The number of hydrogen-bond acceptors (Lipinski definition) is 3. The van der Waals surface area contributed by atoms with Gasteiger partial charge in [0.2, 0.25) is 0 Å². The molecule has 1 fully saturated rings. The van der Waals surface area contributed by atoms with Crippen molar-refractivity contribution in [3.05, 3.63) is 24.3 Å². The lowest BCUT2D eigenvalue weighted by Gasteiger charge is -2.45. The standard InChI is InChI=1S/C15H24N2O/c1-15(2)11-17(9-8-14(15)16-3)12-6-5-7-13(10-12)18-4/h5-7,10,14,16H,8-9,11H2,1-4H3. The van der Waals surface area contributed by atoms with Crippen LogP contribution < -0.4 is 15.0 Å². The molecular formula is C15H24N2O. The molecule has 0 spiro atoms. The van der Waals surface area contributed by atoms with E-state index in [0.717, 1.165) is 18.8 Å². The first-order valence-electron chi connectivity index (χ1n) is 6.63. The third kappa shape index (κ3) is 2.61. The normalized spacial score (nSPS) is 22.9. The predicted octanol–water partition coefficient (Wildman–Crippen LogP) is 2.52.